The topological polar surface area (TPSA) is 0 Å². The van der Waals surface area contributed by atoms with Crippen LogP contribution in [0.2, 0.25) is 0 Å². The molecule has 1 heterocycles. The molecule has 1 aliphatic heterocycles. The molecule has 2 heteroatoms. The van der Waals surface area contributed by atoms with Crippen molar-refractivity contribution in [3.8, 4) is 0 Å². The fraction of sp³-hybridized carbons (Fsp3) is 0.143. The Morgan fingerprint density at radius 1 is 1.56 bits per heavy atom. The van der Waals surface area contributed by atoms with E-state index in [-0.39, 0.29) is 0 Å². The molecule has 2 aliphatic rings. The summed E-state index contributed by atoms with van der Waals surface area (Å²) in [5.74, 6) is 0. The summed E-state index contributed by atoms with van der Waals surface area (Å²) in [7, 11) is 0. The van der Waals surface area contributed by atoms with Gasteiger partial charge in [0.2, 0.25) is 0 Å². The molecule has 0 aromatic rings. The minimum atomic E-state index is 0.611. The van der Waals surface area contributed by atoms with Gasteiger partial charge in [-0.3, -0.25) is 0 Å². The molecule has 0 spiro atoms. The summed E-state index contributed by atoms with van der Waals surface area (Å²) < 4.78 is 1.25. The first-order valence-electron chi connectivity index (χ1n) is 2.78. The van der Waals surface area contributed by atoms with Gasteiger partial charge in [-0.2, -0.15) is 0 Å². The maximum Gasteiger partial charge on any atom is 0.0533 e. The van der Waals surface area contributed by atoms with Gasteiger partial charge < -0.3 is 0 Å². The van der Waals surface area contributed by atoms with Crippen molar-refractivity contribution in [3.05, 3.63) is 33.7 Å². The summed E-state index contributed by atoms with van der Waals surface area (Å²) in [6, 6.07) is 0. The van der Waals surface area contributed by atoms with E-state index in [1.807, 2.05) is 11.8 Å². The van der Waals surface area contributed by atoms with E-state index in [1.165, 1.54) is 9.39 Å². The Bertz CT molecular complexity index is 222. The number of thioether (sulfide) groups is 1. The molecule has 9 heavy (non-hydrogen) atoms. The molecule has 2 rings (SSSR count). The predicted molar refractivity (Wildman–Crippen MR) is 45.6 cm³/mol. The predicted octanol–water partition coefficient (Wildman–Crippen LogP) is 2.83. The van der Waals surface area contributed by atoms with Crippen molar-refractivity contribution in [2.75, 3.05) is 0 Å². The van der Waals surface area contributed by atoms with Gasteiger partial charge in [0.05, 0.1) is 9.06 Å². The van der Waals surface area contributed by atoms with E-state index in [4.69, 9.17) is 0 Å². The van der Waals surface area contributed by atoms with Crippen molar-refractivity contribution >= 4 is 27.7 Å². The third kappa shape index (κ3) is 0.904. The highest BCUT2D eigenvalue weighted by atomic mass is 79.9. The highest BCUT2D eigenvalue weighted by Gasteiger charge is 2.20. The van der Waals surface area contributed by atoms with Crippen LogP contribution < -0.4 is 0 Å². The molecule has 0 fully saturated rings. The van der Waals surface area contributed by atoms with Crippen LogP contribution in [0.5, 0.6) is 0 Å². The van der Waals surface area contributed by atoms with E-state index in [2.05, 4.69) is 40.2 Å². The number of halogens is 1. The van der Waals surface area contributed by atoms with Crippen LogP contribution in [0.3, 0.4) is 0 Å². The zero-order chi connectivity index (χ0) is 6.27. The lowest BCUT2D eigenvalue weighted by Crippen LogP contribution is -1.88. The average Bonchev–Trinajstić information content (AvgIpc) is 2.22. The molecule has 1 aliphatic carbocycles. The number of fused-ring (bicyclic) bond motifs is 1. The minimum absolute atomic E-state index is 0.611. The Morgan fingerprint density at radius 2 is 2.44 bits per heavy atom. The number of allylic oxidation sites excluding steroid dienone is 3. The molecule has 1 unspecified atom stereocenters. The Morgan fingerprint density at radius 3 is 3.22 bits per heavy atom. The summed E-state index contributed by atoms with van der Waals surface area (Å²) >= 11 is 5.30. The van der Waals surface area contributed by atoms with Gasteiger partial charge in [-0.15, -0.1) is 11.8 Å². The molecule has 0 aromatic heterocycles. The van der Waals surface area contributed by atoms with E-state index < -0.39 is 0 Å². The third-order valence-corrected chi connectivity index (χ3v) is 3.24. The first-order valence-corrected chi connectivity index (χ1v) is 4.46. The van der Waals surface area contributed by atoms with Gasteiger partial charge in [0.1, 0.15) is 0 Å². The molecule has 0 saturated carbocycles. The van der Waals surface area contributed by atoms with Crippen LogP contribution in [0.25, 0.3) is 0 Å². The van der Waals surface area contributed by atoms with Crippen LogP contribution in [-0.2, 0) is 0 Å². The van der Waals surface area contributed by atoms with Gasteiger partial charge in [0.25, 0.3) is 0 Å². The zero-order valence-corrected chi connectivity index (χ0v) is 7.08. The number of hydrogen-bond acceptors (Lipinski definition) is 1. The summed E-state index contributed by atoms with van der Waals surface area (Å²) in [6.07, 6.45) is 8.66. The van der Waals surface area contributed by atoms with Crippen molar-refractivity contribution in [2.24, 2.45) is 0 Å². The third-order valence-electron chi connectivity index (χ3n) is 1.42. The second kappa shape index (κ2) is 2.03. The van der Waals surface area contributed by atoms with Crippen LogP contribution in [0, 0.1) is 0 Å². The van der Waals surface area contributed by atoms with E-state index in [1.54, 1.807) is 0 Å². The standard InChI is InChI=1S/C7H5BrS/c8-7-4-5-2-1-3-6(5)9-7/h1-4,6H. The summed E-state index contributed by atoms with van der Waals surface area (Å²) in [5.41, 5.74) is 1.42. The van der Waals surface area contributed by atoms with Crippen LogP contribution in [0.15, 0.2) is 33.7 Å². The Kier molecular flexibility index (Phi) is 1.31. The van der Waals surface area contributed by atoms with Crippen LogP contribution in [0.4, 0.5) is 0 Å². The minimum Gasteiger partial charge on any atom is -0.106 e. The second-order valence-electron chi connectivity index (χ2n) is 2.04. The van der Waals surface area contributed by atoms with Crippen molar-refractivity contribution in [1.82, 2.24) is 0 Å². The van der Waals surface area contributed by atoms with Crippen LogP contribution >= 0.6 is 27.7 Å². The smallest absolute Gasteiger partial charge is 0.0533 e. The lowest BCUT2D eigenvalue weighted by molar-refractivity contribution is 1.39. The van der Waals surface area contributed by atoms with Gasteiger partial charge >= 0.3 is 0 Å². The lowest BCUT2D eigenvalue weighted by Gasteiger charge is -1.97. The molecule has 0 saturated heterocycles. The molecule has 0 amide bonds. The fourth-order valence-electron chi connectivity index (χ4n) is 0.997. The molecule has 0 aromatic carbocycles. The summed E-state index contributed by atoms with van der Waals surface area (Å²) in [5, 5.41) is 0.611. The van der Waals surface area contributed by atoms with E-state index in [0.29, 0.717) is 5.25 Å². The molecular weight excluding hydrogens is 196 g/mol. The summed E-state index contributed by atoms with van der Waals surface area (Å²) in [4.78, 5) is 0. The van der Waals surface area contributed by atoms with Crippen molar-refractivity contribution in [2.45, 2.75) is 5.25 Å². The van der Waals surface area contributed by atoms with Gasteiger partial charge in [-0.05, 0) is 27.6 Å². The van der Waals surface area contributed by atoms with Crippen LogP contribution in [0.1, 0.15) is 0 Å². The van der Waals surface area contributed by atoms with Gasteiger partial charge in [0.15, 0.2) is 0 Å². The largest absolute Gasteiger partial charge is 0.106 e. The highest BCUT2D eigenvalue weighted by molar-refractivity contribution is 9.14. The van der Waals surface area contributed by atoms with Crippen molar-refractivity contribution in [3.63, 3.8) is 0 Å². The molecular formula is C7H5BrS. The van der Waals surface area contributed by atoms with E-state index in [0.717, 1.165) is 0 Å². The molecule has 0 radical (unpaired) electrons. The molecule has 1 atom stereocenters. The van der Waals surface area contributed by atoms with Crippen molar-refractivity contribution in [1.29, 1.82) is 0 Å². The number of rotatable bonds is 0. The second-order valence-corrected chi connectivity index (χ2v) is 4.60. The molecule has 0 N–H and O–H groups in total. The average molecular weight is 201 g/mol. The first kappa shape index (κ1) is 5.81. The van der Waals surface area contributed by atoms with Gasteiger partial charge in [0, 0.05) is 0 Å². The molecule has 0 nitrogen and oxygen atoms in total. The molecule has 0 bridgehead atoms. The van der Waals surface area contributed by atoms with Crippen molar-refractivity contribution < 1.29 is 0 Å². The highest BCUT2D eigenvalue weighted by Crippen LogP contribution is 2.42. The maximum absolute atomic E-state index is 3.44. The van der Waals surface area contributed by atoms with E-state index >= 15 is 0 Å². The normalized spacial score (nSPS) is 30.1. The lowest BCUT2D eigenvalue weighted by atomic mass is 10.2. The zero-order valence-electron chi connectivity index (χ0n) is 4.67. The Hall–Kier alpha value is 0.0500. The monoisotopic (exact) mass is 200 g/mol. The maximum atomic E-state index is 3.44. The SMILES string of the molecule is BrC1=CC2=CC=CC2S1. The quantitative estimate of drug-likeness (QED) is 0.580. The van der Waals surface area contributed by atoms with Gasteiger partial charge in [-0.25, -0.2) is 0 Å². The van der Waals surface area contributed by atoms with E-state index in [9.17, 15) is 0 Å². The molecule has 46 valence electrons. The van der Waals surface area contributed by atoms with Gasteiger partial charge in [-0.1, -0.05) is 18.2 Å². The van der Waals surface area contributed by atoms with Crippen LogP contribution in [-0.4, -0.2) is 5.25 Å². The number of hydrogen-bond donors (Lipinski definition) is 0. The fourth-order valence-corrected chi connectivity index (χ4v) is 2.76. The summed E-state index contributed by atoms with van der Waals surface area (Å²) in [6.45, 7) is 0. The Labute approximate surface area is 66.8 Å². The Balaban J connectivity index is 2.35. The first-order chi connectivity index (χ1) is 4.36.